The third-order valence-electron chi connectivity index (χ3n) is 3.24. The van der Waals surface area contributed by atoms with Gasteiger partial charge < -0.3 is 18.7 Å². The van der Waals surface area contributed by atoms with E-state index >= 15 is 0 Å². The predicted molar refractivity (Wildman–Crippen MR) is 78.5 cm³/mol. The molecule has 1 saturated heterocycles. The summed E-state index contributed by atoms with van der Waals surface area (Å²) in [6, 6.07) is 1.24. The van der Waals surface area contributed by atoms with Crippen LogP contribution in [0.25, 0.3) is 0 Å². The summed E-state index contributed by atoms with van der Waals surface area (Å²) in [7, 11) is 1.28. The van der Waals surface area contributed by atoms with E-state index < -0.39 is 30.3 Å². The molecule has 0 amide bonds. The van der Waals surface area contributed by atoms with E-state index in [4.69, 9.17) is 25.6 Å². The molecule has 1 aromatic rings. The highest BCUT2D eigenvalue weighted by atomic mass is 32.5. The molecule has 2 N–H and O–H groups in total. The molecule has 4 atom stereocenters. The van der Waals surface area contributed by atoms with Gasteiger partial charge in [-0.2, -0.15) is 0 Å². The minimum atomic E-state index is -3.30. The van der Waals surface area contributed by atoms with E-state index in [1.165, 1.54) is 23.9 Å². The van der Waals surface area contributed by atoms with Gasteiger partial charge in [-0.1, -0.05) is 6.92 Å². The Balaban J connectivity index is 2.20. The smallest absolute Gasteiger partial charge is 0.330 e. The molecule has 10 heteroatoms. The minimum absolute atomic E-state index is 0.321. The average Bonchev–Trinajstić information content (AvgIpc) is 2.80. The van der Waals surface area contributed by atoms with Crippen molar-refractivity contribution in [2.45, 2.75) is 38.2 Å². The second-order valence-corrected chi connectivity index (χ2v) is 7.48. The van der Waals surface area contributed by atoms with Crippen LogP contribution in [0.5, 0.6) is 0 Å². The standard InChI is InChI=1S/C11H17N2O6PS/c1-3-7-8(19-20(16,21)17-2)6-10(18-7)13-5-4-9(14)12-11(13)15/h4-5,7-8,10H,3,6H2,1-2H3,(H,16,21)(H,12,14,15)/t7-,8-,10-,20?/m1/s1. The van der Waals surface area contributed by atoms with Crippen molar-refractivity contribution < 1.29 is 18.7 Å². The molecule has 2 rings (SSSR count). The van der Waals surface area contributed by atoms with E-state index in [0.717, 1.165) is 0 Å². The molecule has 0 spiro atoms. The van der Waals surface area contributed by atoms with Crippen LogP contribution in [-0.2, 0) is 25.6 Å². The highest BCUT2D eigenvalue weighted by Gasteiger charge is 2.39. The fourth-order valence-electron chi connectivity index (χ4n) is 2.21. The fraction of sp³-hybridized carbons (Fsp3) is 0.636. The number of nitrogens with zero attached hydrogens (tertiary/aromatic N) is 1. The quantitative estimate of drug-likeness (QED) is 0.754. The summed E-state index contributed by atoms with van der Waals surface area (Å²) < 4.78 is 17.2. The maximum Gasteiger partial charge on any atom is 0.330 e. The molecule has 0 radical (unpaired) electrons. The average molecular weight is 336 g/mol. The number of rotatable bonds is 5. The van der Waals surface area contributed by atoms with E-state index in [0.29, 0.717) is 12.8 Å². The molecule has 2 heterocycles. The highest BCUT2D eigenvalue weighted by molar-refractivity contribution is 8.07. The SMILES string of the molecule is CC[C@H]1O[C@@H](n2ccc(=O)[nH]c2=O)C[C@H]1OP(O)(=S)OC. The summed E-state index contributed by atoms with van der Waals surface area (Å²) in [5, 5.41) is 0. The van der Waals surface area contributed by atoms with E-state index in [1.54, 1.807) is 0 Å². The number of nitrogens with one attached hydrogen (secondary N) is 1. The molecule has 1 aliphatic heterocycles. The Morgan fingerprint density at radius 2 is 2.33 bits per heavy atom. The van der Waals surface area contributed by atoms with Crippen LogP contribution in [0.15, 0.2) is 21.9 Å². The lowest BCUT2D eigenvalue weighted by molar-refractivity contribution is -0.0199. The van der Waals surface area contributed by atoms with Crippen LogP contribution >= 0.6 is 6.72 Å². The van der Waals surface area contributed by atoms with Crippen molar-refractivity contribution in [1.29, 1.82) is 0 Å². The van der Waals surface area contributed by atoms with E-state index in [1.807, 2.05) is 6.92 Å². The van der Waals surface area contributed by atoms with Crippen molar-refractivity contribution in [2.75, 3.05) is 7.11 Å². The topological polar surface area (TPSA) is 103 Å². The molecule has 0 bridgehead atoms. The van der Waals surface area contributed by atoms with E-state index in [9.17, 15) is 14.5 Å². The second kappa shape index (κ2) is 6.51. The van der Waals surface area contributed by atoms with Gasteiger partial charge in [-0.3, -0.25) is 14.3 Å². The first-order valence-electron chi connectivity index (χ1n) is 6.40. The number of hydrogen-bond donors (Lipinski definition) is 2. The van der Waals surface area contributed by atoms with Crippen molar-refractivity contribution in [3.63, 3.8) is 0 Å². The highest BCUT2D eigenvalue weighted by Crippen LogP contribution is 2.48. The first-order valence-corrected chi connectivity index (χ1v) is 8.99. The monoisotopic (exact) mass is 336 g/mol. The molecule has 1 aromatic heterocycles. The Morgan fingerprint density at radius 3 is 2.90 bits per heavy atom. The van der Waals surface area contributed by atoms with Crippen LogP contribution in [0.4, 0.5) is 0 Å². The lowest BCUT2D eigenvalue weighted by atomic mass is 10.1. The molecule has 1 fully saturated rings. The Bertz CT molecular complexity index is 659. The molecule has 1 unspecified atom stereocenters. The van der Waals surface area contributed by atoms with Crippen LogP contribution in [0.3, 0.4) is 0 Å². The molecule has 1 aliphatic rings. The Morgan fingerprint density at radius 1 is 1.62 bits per heavy atom. The summed E-state index contributed by atoms with van der Waals surface area (Å²) in [6.07, 6.45) is 0.932. The zero-order valence-corrected chi connectivity index (χ0v) is 13.3. The van der Waals surface area contributed by atoms with Crippen molar-refractivity contribution in [2.24, 2.45) is 0 Å². The van der Waals surface area contributed by atoms with Gasteiger partial charge in [-0.15, -0.1) is 0 Å². The van der Waals surface area contributed by atoms with Gasteiger partial charge in [-0.25, -0.2) is 4.79 Å². The van der Waals surface area contributed by atoms with E-state index in [2.05, 4.69) is 4.98 Å². The van der Waals surface area contributed by atoms with Crippen LogP contribution in [0, 0.1) is 0 Å². The zero-order valence-electron chi connectivity index (χ0n) is 11.6. The Hall–Kier alpha value is -0.830. The van der Waals surface area contributed by atoms with Gasteiger partial charge in [-0.05, 0) is 18.2 Å². The van der Waals surface area contributed by atoms with Gasteiger partial charge in [0.2, 0.25) is 0 Å². The molecule has 8 nitrogen and oxygen atoms in total. The van der Waals surface area contributed by atoms with Crippen molar-refractivity contribution in [1.82, 2.24) is 9.55 Å². The summed E-state index contributed by atoms with van der Waals surface area (Å²) >= 11 is 4.83. The van der Waals surface area contributed by atoms with Crippen LogP contribution in [0.1, 0.15) is 26.0 Å². The van der Waals surface area contributed by atoms with Gasteiger partial charge in [0.05, 0.1) is 12.2 Å². The maximum atomic E-state index is 11.8. The molecule has 118 valence electrons. The molecule has 0 aliphatic carbocycles. The zero-order chi connectivity index (χ0) is 15.6. The molecule has 0 saturated carbocycles. The number of aromatic amines is 1. The normalized spacial score (nSPS) is 28.4. The minimum Gasteiger partial charge on any atom is -0.352 e. The molecular formula is C11H17N2O6PS. The first kappa shape index (κ1) is 16.5. The Labute approximate surface area is 125 Å². The summed E-state index contributed by atoms with van der Waals surface area (Å²) in [4.78, 5) is 34.8. The van der Waals surface area contributed by atoms with Crippen LogP contribution in [0.2, 0.25) is 0 Å². The van der Waals surface area contributed by atoms with Gasteiger partial charge >= 0.3 is 12.4 Å². The molecule has 0 aromatic carbocycles. The second-order valence-electron chi connectivity index (χ2n) is 4.59. The maximum absolute atomic E-state index is 11.8. The number of hydrogen-bond acceptors (Lipinski definition) is 6. The van der Waals surface area contributed by atoms with Crippen LogP contribution in [-0.4, -0.2) is 33.8 Å². The van der Waals surface area contributed by atoms with Gasteiger partial charge in [0.15, 0.2) is 0 Å². The summed E-state index contributed by atoms with van der Waals surface area (Å²) in [5.41, 5.74) is -1.03. The predicted octanol–water partition coefficient (Wildman–Crippen LogP) is 0.483. The van der Waals surface area contributed by atoms with Gasteiger partial charge in [0.1, 0.15) is 6.23 Å². The molecule has 21 heavy (non-hydrogen) atoms. The first-order chi connectivity index (χ1) is 9.86. The number of H-pyrrole nitrogens is 1. The summed E-state index contributed by atoms with van der Waals surface area (Å²) in [5.74, 6) is 0. The van der Waals surface area contributed by atoms with Gasteiger partial charge in [0, 0.05) is 25.8 Å². The number of ether oxygens (including phenoxy) is 1. The van der Waals surface area contributed by atoms with E-state index in [-0.39, 0.29) is 6.10 Å². The van der Waals surface area contributed by atoms with Crippen LogP contribution < -0.4 is 11.2 Å². The lowest BCUT2D eigenvalue weighted by Crippen LogP contribution is -2.31. The Kier molecular flexibility index (Phi) is 5.13. The third-order valence-corrected chi connectivity index (χ3v) is 4.95. The summed E-state index contributed by atoms with van der Waals surface area (Å²) in [6.45, 7) is -1.41. The largest absolute Gasteiger partial charge is 0.352 e. The van der Waals surface area contributed by atoms with Crippen molar-refractivity contribution in [3.8, 4) is 0 Å². The number of aromatic nitrogens is 2. The fourth-order valence-corrected chi connectivity index (χ4v) is 3.19. The van der Waals surface area contributed by atoms with Gasteiger partial charge in [0.25, 0.3) is 5.56 Å². The van der Waals surface area contributed by atoms with Crippen molar-refractivity contribution in [3.05, 3.63) is 33.1 Å². The van der Waals surface area contributed by atoms with Crippen molar-refractivity contribution >= 4 is 18.5 Å². The molecular weight excluding hydrogens is 319 g/mol. The lowest BCUT2D eigenvalue weighted by Gasteiger charge is -2.21. The third kappa shape index (κ3) is 3.88.